The molecule has 0 aliphatic carbocycles. The molecule has 0 radical (unpaired) electrons. The van der Waals surface area contributed by atoms with Crippen LogP contribution in [-0.4, -0.2) is 58.9 Å². The molecule has 3 N–H and O–H groups in total. The molecule has 94 valence electrons. The van der Waals surface area contributed by atoms with Crippen LogP contribution in [0.4, 0.5) is 0 Å². The van der Waals surface area contributed by atoms with Crippen molar-refractivity contribution in [1.29, 1.82) is 0 Å². The zero-order valence-corrected chi connectivity index (χ0v) is 9.88. The lowest BCUT2D eigenvalue weighted by Crippen LogP contribution is -2.36. The number of amides is 2. The fourth-order valence-corrected chi connectivity index (χ4v) is 1.05. The summed E-state index contributed by atoms with van der Waals surface area (Å²) < 4.78 is 1.47. The molecule has 1 aromatic rings. The molecule has 8 nitrogen and oxygen atoms in total. The fraction of sp³-hybridized carbons (Fsp3) is 0.556. The Kier molecular flexibility index (Phi) is 4.58. The van der Waals surface area contributed by atoms with Gasteiger partial charge in [0.15, 0.2) is 5.69 Å². The van der Waals surface area contributed by atoms with Crippen LogP contribution in [-0.2, 0) is 11.3 Å². The van der Waals surface area contributed by atoms with Crippen LogP contribution in [0.3, 0.4) is 0 Å². The van der Waals surface area contributed by atoms with E-state index in [0.717, 1.165) is 0 Å². The Labute approximate surface area is 98.8 Å². The molecule has 1 aromatic heterocycles. The largest absolute Gasteiger partial charge is 0.347 e. The van der Waals surface area contributed by atoms with E-state index in [1.54, 1.807) is 14.1 Å². The molecule has 1 rings (SSSR count). The van der Waals surface area contributed by atoms with Crippen LogP contribution < -0.4 is 11.1 Å². The highest BCUT2D eigenvalue weighted by Gasteiger charge is 2.12. The second-order valence-corrected chi connectivity index (χ2v) is 3.63. The molecule has 0 atom stereocenters. The van der Waals surface area contributed by atoms with E-state index < -0.39 is 5.91 Å². The summed E-state index contributed by atoms with van der Waals surface area (Å²) in [6, 6.07) is 0. The van der Waals surface area contributed by atoms with Crippen molar-refractivity contribution in [2.24, 2.45) is 5.73 Å². The minimum absolute atomic E-state index is 0.0599. The lowest BCUT2D eigenvalue weighted by atomic mass is 10.4. The Morgan fingerprint density at radius 1 is 1.53 bits per heavy atom. The number of hydrogen-bond acceptors (Lipinski definition) is 5. The SMILES string of the molecule is CN(C)C(=O)CNC(=O)c1cn(CCN)nn1. The van der Waals surface area contributed by atoms with Crippen LogP contribution >= 0.6 is 0 Å². The predicted molar refractivity (Wildman–Crippen MR) is 60.1 cm³/mol. The van der Waals surface area contributed by atoms with Gasteiger partial charge in [-0.15, -0.1) is 5.10 Å². The molecule has 17 heavy (non-hydrogen) atoms. The van der Waals surface area contributed by atoms with E-state index in [4.69, 9.17) is 5.73 Å². The van der Waals surface area contributed by atoms with Crippen LogP contribution in [0.5, 0.6) is 0 Å². The Hall–Kier alpha value is -1.96. The molecule has 0 bridgehead atoms. The van der Waals surface area contributed by atoms with E-state index in [1.807, 2.05) is 0 Å². The molecule has 0 aliphatic rings. The fourth-order valence-electron chi connectivity index (χ4n) is 1.05. The van der Waals surface area contributed by atoms with Gasteiger partial charge in [0.1, 0.15) is 0 Å². The van der Waals surface area contributed by atoms with Crippen molar-refractivity contribution >= 4 is 11.8 Å². The van der Waals surface area contributed by atoms with E-state index in [2.05, 4.69) is 15.6 Å². The predicted octanol–water partition coefficient (Wildman–Crippen LogP) is -1.95. The van der Waals surface area contributed by atoms with Gasteiger partial charge in [0.05, 0.1) is 19.3 Å². The first-order chi connectivity index (χ1) is 8.04. The van der Waals surface area contributed by atoms with Gasteiger partial charge < -0.3 is 16.0 Å². The number of aromatic nitrogens is 3. The highest BCUT2D eigenvalue weighted by atomic mass is 16.2. The first-order valence-corrected chi connectivity index (χ1v) is 5.13. The van der Waals surface area contributed by atoms with Crippen molar-refractivity contribution in [2.75, 3.05) is 27.2 Å². The van der Waals surface area contributed by atoms with Crippen LogP contribution in [0.2, 0.25) is 0 Å². The lowest BCUT2D eigenvalue weighted by molar-refractivity contribution is -0.127. The van der Waals surface area contributed by atoms with E-state index in [9.17, 15) is 9.59 Å². The summed E-state index contributed by atoms with van der Waals surface area (Å²) in [5, 5.41) is 9.86. The molecular weight excluding hydrogens is 224 g/mol. The minimum atomic E-state index is -0.427. The third kappa shape index (κ3) is 3.83. The molecule has 0 aliphatic heterocycles. The highest BCUT2D eigenvalue weighted by Crippen LogP contribution is 1.92. The van der Waals surface area contributed by atoms with Gasteiger partial charge in [-0.2, -0.15) is 0 Å². The maximum atomic E-state index is 11.6. The van der Waals surface area contributed by atoms with Crippen molar-refractivity contribution in [1.82, 2.24) is 25.2 Å². The monoisotopic (exact) mass is 240 g/mol. The van der Waals surface area contributed by atoms with Gasteiger partial charge in [0.25, 0.3) is 5.91 Å². The number of hydrogen-bond donors (Lipinski definition) is 2. The molecule has 0 unspecified atom stereocenters. The molecule has 0 aromatic carbocycles. The summed E-state index contributed by atoms with van der Waals surface area (Å²) in [6.07, 6.45) is 1.49. The number of nitrogens with one attached hydrogen (secondary N) is 1. The average Bonchev–Trinajstić information content (AvgIpc) is 2.74. The van der Waals surface area contributed by atoms with Crippen LogP contribution in [0.1, 0.15) is 10.5 Å². The third-order valence-corrected chi connectivity index (χ3v) is 2.03. The summed E-state index contributed by atoms with van der Waals surface area (Å²) in [6.45, 7) is 0.857. The average molecular weight is 240 g/mol. The number of nitrogens with two attached hydrogens (primary N) is 1. The highest BCUT2D eigenvalue weighted by molar-refractivity contribution is 5.94. The topological polar surface area (TPSA) is 106 Å². The van der Waals surface area contributed by atoms with E-state index >= 15 is 0 Å². The molecule has 8 heteroatoms. The number of carbonyl (C=O) groups is 2. The van der Waals surface area contributed by atoms with Crippen molar-refractivity contribution < 1.29 is 9.59 Å². The number of rotatable bonds is 5. The minimum Gasteiger partial charge on any atom is -0.347 e. The van der Waals surface area contributed by atoms with Gasteiger partial charge in [0, 0.05) is 20.6 Å². The third-order valence-electron chi connectivity index (χ3n) is 2.03. The summed E-state index contributed by atoms with van der Waals surface area (Å²) in [4.78, 5) is 24.2. The standard InChI is InChI=1S/C9H16N6O2/c1-14(2)8(16)5-11-9(17)7-6-15(4-3-10)13-12-7/h6H,3-5,10H2,1-2H3,(H,11,17). The maximum absolute atomic E-state index is 11.6. The van der Waals surface area contributed by atoms with E-state index in [-0.39, 0.29) is 18.1 Å². The number of nitrogens with zero attached hydrogens (tertiary/aromatic N) is 4. The quantitative estimate of drug-likeness (QED) is 0.622. The molecule has 0 saturated carbocycles. The Morgan fingerprint density at radius 2 is 2.24 bits per heavy atom. The van der Waals surface area contributed by atoms with Crippen LogP contribution in [0.15, 0.2) is 6.20 Å². The molecule has 0 fully saturated rings. The van der Waals surface area contributed by atoms with Crippen molar-refractivity contribution in [3.8, 4) is 0 Å². The second-order valence-electron chi connectivity index (χ2n) is 3.63. The van der Waals surface area contributed by atoms with Gasteiger partial charge in [-0.1, -0.05) is 5.21 Å². The summed E-state index contributed by atoms with van der Waals surface area (Å²) >= 11 is 0. The molecular formula is C9H16N6O2. The van der Waals surface area contributed by atoms with Gasteiger partial charge in [-0.25, -0.2) is 0 Å². The van der Waals surface area contributed by atoms with E-state index in [1.165, 1.54) is 15.8 Å². The van der Waals surface area contributed by atoms with Crippen molar-refractivity contribution in [3.63, 3.8) is 0 Å². The molecule has 2 amide bonds. The van der Waals surface area contributed by atoms with Gasteiger partial charge >= 0.3 is 0 Å². The second kappa shape index (κ2) is 5.94. The smallest absolute Gasteiger partial charge is 0.273 e. The lowest BCUT2D eigenvalue weighted by Gasteiger charge is -2.09. The van der Waals surface area contributed by atoms with E-state index in [0.29, 0.717) is 13.1 Å². The first-order valence-electron chi connectivity index (χ1n) is 5.13. The maximum Gasteiger partial charge on any atom is 0.273 e. The summed E-state index contributed by atoms with van der Waals surface area (Å²) in [7, 11) is 3.23. The number of carbonyl (C=O) groups excluding carboxylic acids is 2. The van der Waals surface area contributed by atoms with Crippen molar-refractivity contribution in [2.45, 2.75) is 6.54 Å². The van der Waals surface area contributed by atoms with Gasteiger partial charge in [0.2, 0.25) is 5.91 Å². The zero-order chi connectivity index (χ0) is 12.8. The normalized spacial score (nSPS) is 10.1. The molecule has 0 spiro atoms. The van der Waals surface area contributed by atoms with Crippen molar-refractivity contribution in [3.05, 3.63) is 11.9 Å². The Morgan fingerprint density at radius 3 is 2.82 bits per heavy atom. The van der Waals surface area contributed by atoms with Crippen LogP contribution in [0.25, 0.3) is 0 Å². The Bertz CT molecular complexity index is 400. The number of likely N-dealkylation sites (N-methyl/N-ethyl adjacent to an activating group) is 1. The zero-order valence-electron chi connectivity index (χ0n) is 9.88. The first kappa shape index (κ1) is 13.1. The Balaban J connectivity index is 2.49. The molecule has 0 saturated heterocycles. The molecule has 1 heterocycles. The van der Waals surface area contributed by atoms with Gasteiger partial charge in [-0.3, -0.25) is 14.3 Å². The summed E-state index contributed by atoms with van der Waals surface area (Å²) in [5.41, 5.74) is 5.51. The summed E-state index contributed by atoms with van der Waals surface area (Å²) in [5.74, 6) is -0.615. The van der Waals surface area contributed by atoms with Gasteiger partial charge in [-0.05, 0) is 0 Å². The van der Waals surface area contributed by atoms with Crippen LogP contribution in [0, 0.1) is 0 Å².